The van der Waals surface area contributed by atoms with Crippen molar-refractivity contribution in [1.29, 1.82) is 0 Å². The Bertz CT molecular complexity index is 1420. The number of nitrogen functional groups attached to an aromatic ring is 1. The van der Waals surface area contributed by atoms with Crippen molar-refractivity contribution >= 4 is 35.2 Å². The molecule has 1 atom stereocenters. The number of anilines is 1. The van der Waals surface area contributed by atoms with Crippen LogP contribution in [0.15, 0.2) is 48.7 Å². The fraction of sp³-hybridized carbons (Fsp3) is 0.308. The van der Waals surface area contributed by atoms with Crippen LogP contribution in [0.2, 0.25) is 0 Å². The molecule has 0 aliphatic heterocycles. The van der Waals surface area contributed by atoms with Gasteiger partial charge in [-0.05, 0) is 86.1 Å². The van der Waals surface area contributed by atoms with Crippen molar-refractivity contribution in [3.8, 4) is 5.75 Å². The number of hydrogen-bond acceptors (Lipinski definition) is 5. The Balaban J connectivity index is 1.41. The van der Waals surface area contributed by atoms with Crippen molar-refractivity contribution in [3.05, 3.63) is 70.9 Å². The van der Waals surface area contributed by atoms with E-state index in [0.29, 0.717) is 17.1 Å². The van der Waals surface area contributed by atoms with Crippen LogP contribution in [0, 0.1) is 13.8 Å². The van der Waals surface area contributed by atoms with Crippen LogP contribution >= 0.6 is 7.60 Å². The Kier molecular flexibility index (Phi) is 7.36. The van der Waals surface area contributed by atoms with Crippen LogP contribution < -0.4 is 10.5 Å². The van der Waals surface area contributed by atoms with Crippen molar-refractivity contribution in [1.82, 2.24) is 9.97 Å². The topological polar surface area (TPSA) is 119 Å². The number of alkyl halides is 1. The number of hydrogen-bond donors (Lipinski definition) is 3. The van der Waals surface area contributed by atoms with Crippen LogP contribution in [0.1, 0.15) is 35.1 Å². The third-order valence-corrected chi connectivity index (χ3v) is 7.08. The molecule has 0 aliphatic rings. The lowest BCUT2D eigenvalue weighted by Crippen LogP contribution is -2.05. The number of aromatic nitrogens is 2. The van der Waals surface area contributed by atoms with E-state index in [1.54, 1.807) is 0 Å². The Hall–Kier alpha value is -3.06. The summed E-state index contributed by atoms with van der Waals surface area (Å²) in [6, 6.07) is 14.1. The minimum atomic E-state index is -4.68. The molecule has 2 aromatic carbocycles. The molecule has 0 amide bonds. The zero-order valence-electron chi connectivity index (χ0n) is 19.7. The van der Waals surface area contributed by atoms with Gasteiger partial charge in [0.2, 0.25) is 5.91 Å². The summed E-state index contributed by atoms with van der Waals surface area (Å²) in [7, 11) is -4.68. The molecule has 9 heteroatoms. The second-order valence-electron chi connectivity index (χ2n) is 8.86. The Morgan fingerprint density at radius 1 is 1.09 bits per heavy atom. The normalized spacial score (nSPS) is 12.8. The largest absolute Gasteiger partial charge is 0.494 e. The van der Waals surface area contributed by atoms with Crippen LogP contribution in [0.5, 0.6) is 5.75 Å². The molecule has 0 spiro atoms. The average molecular weight is 498 g/mol. The number of nitrogens with zero attached hydrogens (tertiary/aromatic N) is 2. The molecule has 0 fully saturated rings. The molecular weight excluding hydrogens is 468 g/mol. The van der Waals surface area contributed by atoms with E-state index in [2.05, 4.69) is 28.2 Å². The van der Waals surface area contributed by atoms with Gasteiger partial charge in [0.1, 0.15) is 11.3 Å². The number of aryl methyl sites for hydroxylation is 4. The van der Waals surface area contributed by atoms with E-state index in [0.717, 1.165) is 45.8 Å². The Morgan fingerprint density at radius 2 is 1.89 bits per heavy atom. The van der Waals surface area contributed by atoms with Crippen LogP contribution in [-0.2, 0) is 17.4 Å². The van der Waals surface area contributed by atoms with Crippen molar-refractivity contribution < 1.29 is 23.5 Å². The molecule has 7 nitrogen and oxygen atoms in total. The van der Waals surface area contributed by atoms with Gasteiger partial charge in [0.15, 0.2) is 5.82 Å². The van der Waals surface area contributed by atoms with Gasteiger partial charge in [-0.2, -0.15) is 0 Å². The van der Waals surface area contributed by atoms with Gasteiger partial charge in [0, 0.05) is 17.0 Å². The molecule has 0 aliphatic carbocycles. The van der Waals surface area contributed by atoms with Crippen LogP contribution in [-0.4, -0.2) is 32.3 Å². The Labute approximate surface area is 203 Å². The standard InChI is InChI=1S/C26H29FN3O4P/c1-16-5-10-21-22-14-18(15-29-25(22)26(28)30-23(21)12-16)6-7-19-8-9-20(13-17(19)2)34-11-3-4-24(27)35(31,32)33/h5,8-10,12-15,24H,3-4,6-7,11H2,1-2H3,(H2,28,30)(H2,31,32,33). The highest BCUT2D eigenvalue weighted by Crippen LogP contribution is 2.44. The minimum absolute atomic E-state index is 0.188. The molecule has 4 rings (SSSR count). The number of halogens is 1. The molecular formula is C26H29FN3O4P. The van der Waals surface area contributed by atoms with Gasteiger partial charge in [-0.15, -0.1) is 0 Å². The number of rotatable bonds is 9. The van der Waals surface area contributed by atoms with Crippen LogP contribution in [0.4, 0.5) is 10.2 Å². The predicted molar refractivity (Wildman–Crippen MR) is 136 cm³/mol. The zero-order chi connectivity index (χ0) is 25.2. The highest BCUT2D eigenvalue weighted by Gasteiger charge is 2.27. The molecule has 4 aromatic rings. The molecule has 0 saturated heterocycles. The van der Waals surface area contributed by atoms with Gasteiger partial charge in [0.05, 0.1) is 12.1 Å². The van der Waals surface area contributed by atoms with Crippen molar-refractivity contribution in [2.45, 2.75) is 45.4 Å². The lowest BCUT2D eigenvalue weighted by molar-refractivity contribution is 0.261. The fourth-order valence-electron chi connectivity index (χ4n) is 4.13. The SMILES string of the molecule is Cc1ccc2c(c1)nc(N)c1ncc(CCc3ccc(OCCCC(F)P(=O)(O)O)cc3C)cc12. The monoisotopic (exact) mass is 497 g/mol. The highest BCUT2D eigenvalue weighted by atomic mass is 31.2. The maximum Gasteiger partial charge on any atom is 0.359 e. The third kappa shape index (κ3) is 5.96. The molecule has 0 radical (unpaired) electrons. The first-order valence-corrected chi connectivity index (χ1v) is 13.2. The number of pyridine rings is 2. The summed E-state index contributed by atoms with van der Waals surface area (Å²) in [5.74, 6) is -1.07. The van der Waals surface area contributed by atoms with Gasteiger partial charge < -0.3 is 20.3 Å². The van der Waals surface area contributed by atoms with Gasteiger partial charge in [-0.3, -0.25) is 9.55 Å². The third-order valence-electron chi connectivity index (χ3n) is 6.09. The first-order valence-electron chi connectivity index (χ1n) is 11.5. The minimum Gasteiger partial charge on any atom is -0.494 e. The van der Waals surface area contributed by atoms with Gasteiger partial charge in [-0.25, -0.2) is 9.37 Å². The predicted octanol–water partition coefficient (Wildman–Crippen LogP) is 5.40. The number of fused-ring (bicyclic) bond motifs is 3. The molecule has 35 heavy (non-hydrogen) atoms. The van der Waals surface area contributed by atoms with E-state index in [4.69, 9.17) is 20.3 Å². The van der Waals surface area contributed by atoms with Crippen molar-refractivity contribution in [2.24, 2.45) is 0 Å². The first-order chi connectivity index (χ1) is 16.6. The molecule has 0 saturated carbocycles. The van der Waals surface area contributed by atoms with Crippen molar-refractivity contribution in [2.75, 3.05) is 12.3 Å². The summed E-state index contributed by atoms with van der Waals surface area (Å²) in [5.41, 5.74) is 12.2. The highest BCUT2D eigenvalue weighted by molar-refractivity contribution is 7.52. The molecule has 2 heterocycles. The van der Waals surface area contributed by atoms with E-state index in [9.17, 15) is 8.96 Å². The number of benzene rings is 2. The van der Waals surface area contributed by atoms with Gasteiger partial charge >= 0.3 is 7.60 Å². The molecule has 4 N–H and O–H groups in total. The molecule has 2 aromatic heterocycles. The average Bonchev–Trinajstić information content (AvgIpc) is 2.80. The molecule has 0 bridgehead atoms. The summed E-state index contributed by atoms with van der Waals surface area (Å²) < 4.78 is 29.8. The van der Waals surface area contributed by atoms with Crippen LogP contribution in [0.3, 0.4) is 0 Å². The van der Waals surface area contributed by atoms with E-state index in [-0.39, 0.29) is 19.4 Å². The van der Waals surface area contributed by atoms with E-state index in [1.165, 1.54) is 5.56 Å². The summed E-state index contributed by atoms with van der Waals surface area (Å²) in [5, 5.41) is 2.03. The summed E-state index contributed by atoms with van der Waals surface area (Å²) >= 11 is 0. The lowest BCUT2D eigenvalue weighted by Gasteiger charge is -2.12. The second kappa shape index (κ2) is 10.3. The Morgan fingerprint density at radius 3 is 2.63 bits per heavy atom. The fourth-order valence-corrected chi connectivity index (χ4v) is 4.65. The van der Waals surface area contributed by atoms with Gasteiger partial charge in [-0.1, -0.05) is 18.2 Å². The van der Waals surface area contributed by atoms with E-state index in [1.807, 2.05) is 44.3 Å². The number of ether oxygens (including phenoxy) is 1. The van der Waals surface area contributed by atoms with Crippen molar-refractivity contribution in [3.63, 3.8) is 0 Å². The number of nitrogens with two attached hydrogens (primary N) is 1. The maximum atomic E-state index is 13.3. The van der Waals surface area contributed by atoms with E-state index < -0.39 is 13.5 Å². The molecule has 1 unspecified atom stereocenters. The molecule has 184 valence electrons. The summed E-state index contributed by atoms with van der Waals surface area (Å²) in [6.07, 6.45) is 3.46. The zero-order valence-corrected chi connectivity index (χ0v) is 20.6. The summed E-state index contributed by atoms with van der Waals surface area (Å²) in [6.45, 7) is 4.22. The first kappa shape index (κ1) is 25.0. The summed E-state index contributed by atoms with van der Waals surface area (Å²) in [4.78, 5) is 26.7. The quantitative estimate of drug-likeness (QED) is 0.161. The lowest BCUT2D eigenvalue weighted by atomic mass is 9.99. The maximum absolute atomic E-state index is 13.3. The smallest absolute Gasteiger partial charge is 0.359 e. The van der Waals surface area contributed by atoms with Gasteiger partial charge in [0.25, 0.3) is 0 Å². The van der Waals surface area contributed by atoms with E-state index >= 15 is 0 Å². The second-order valence-corrected chi connectivity index (χ2v) is 10.6. The van der Waals surface area contributed by atoms with Crippen LogP contribution in [0.25, 0.3) is 21.8 Å².